The number of nitrogens with zero attached hydrogens (tertiary/aromatic N) is 4. The van der Waals surface area contributed by atoms with Gasteiger partial charge in [0.1, 0.15) is 0 Å². The van der Waals surface area contributed by atoms with Crippen LogP contribution in [0.3, 0.4) is 0 Å². The topological polar surface area (TPSA) is 54.0 Å². The molecule has 5 heteroatoms. The first-order valence-electron chi connectivity index (χ1n) is 16.1. The summed E-state index contributed by atoms with van der Waals surface area (Å²) in [6.45, 7) is 0. The van der Waals surface area contributed by atoms with Crippen LogP contribution in [0.2, 0.25) is 0 Å². The van der Waals surface area contributed by atoms with E-state index in [1.807, 2.05) is 24.3 Å². The predicted molar refractivity (Wildman–Crippen MR) is 199 cm³/mol. The van der Waals surface area contributed by atoms with Crippen LogP contribution in [-0.4, -0.2) is 9.97 Å². The molecular formula is C44H28N4Zn-2. The van der Waals surface area contributed by atoms with Crippen LogP contribution in [0.5, 0.6) is 0 Å². The summed E-state index contributed by atoms with van der Waals surface area (Å²) in [5.74, 6) is 0. The van der Waals surface area contributed by atoms with E-state index in [9.17, 15) is 0 Å². The molecule has 8 bridgehead atoms. The van der Waals surface area contributed by atoms with Crippen LogP contribution in [-0.2, 0) is 19.5 Å². The molecule has 4 aromatic carbocycles. The fourth-order valence-electron chi connectivity index (χ4n) is 6.69. The summed E-state index contributed by atoms with van der Waals surface area (Å²) in [6.07, 6.45) is 8.41. The summed E-state index contributed by atoms with van der Waals surface area (Å²) in [5.41, 5.74) is 15.0. The molecule has 2 aliphatic rings. The van der Waals surface area contributed by atoms with Gasteiger partial charge in [0.05, 0.1) is 22.8 Å². The largest absolute Gasteiger partial charge is 0.657 e. The number of hydrogen-bond acceptors (Lipinski definition) is 2. The fraction of sp³-hybridized carbons (Fsp3) is 0. The molecule has 0 saturated heterocycles. The average Bonchev–Trinajstić information content (AvgIpc) is 3.98. The Morgan fingerprint density at radius 2 is 0.510 bits per heavy atom. The molecule has 0 atom stereocenters. The average molecular weight is 678 g/mol. The molecule has 0 aliphatic carbocycles. The van der Waals surface area contributed by atoms with E-state index >= 15 is 0 Å². The fourth-order valence-corrected chi connectivity index (χ4v) is 6.69. The Morgan fingerprint density at radius 1 is 0.286 bits per heavy atom. The van der Waals surface area contributed by atoms with Crippen molar-refractivity contribution in [3.63, 3.8) is 0 Å². The Balaban J connectivity index is 0.00000348. The summed E-state index contributed by atoms with van der Waals surface area (Å²) in [5, 5.41) is 0. The van der Waals surface area contributed by atoms with E-state index in [4.69, 9.17) is 19.9 Å². The molecule has 0 saturated carbocycles. The van der Waals surface area contributed by atoms with Crippen molar-refractivity contribution in [2.75, 3.05) is 0 Å². The monoisotopic (exact) mass is 676 g/mol. The molecule has 228 valence electrons. The summed E-state index contributed by atoms with van der Waals surface area (Å²) in [4.78, 5) is 21.2. The molecule has 9 rings (SSSR count). The van der Waals surface area contributed by atoms with Gasteiger partial charge >= 0.3 is 0 Å². The summed E-state index contributed by atoms with van der Waals surface area (Å²) >= 11 is 0. The number of rotatable bonds is 4. The van der Waals surface area contributed by atoms with Crippen molar-refractivity contribution < 1.29 is 19.5 Å². The van der Waals surface area contributed by atoms with Gasteiger partial charge in [-0.2, -0.15) is 0 Å². The van der Waals surface area contributed by atoms with Crippen LogP contribution in [0.15, 0.2) is 146 Å². The third-order valence-corrected chi connectivity index (χ3v) is 8.86. The first-order chi connectivity index (χ1) is 23.8. The molecular weight excluding hydrogens is 650 g/mol. The molecule has 0 unspecified atom stereocenters. The molecule has 0 amide bonds. The first kappa shape index (κ1) is 30.4. The van der Waals surface area contributed by atoms with Crippen molar-refractivity contribution >= 4 is 46.4 Å². The Labute approximate surface area is 297 Å². The van der Waals surface area contributed by atoms with Gasteiger partial charge in [-0.1, -0.05) is 146 Å². The van der Waals surface area contributed by atoms with Crippen LogP contribution < -0.4 is 9.97 Å². The van der Waals surface area contributed by atoms with E-state index in [0.717, 1.165) is 89.4 Å². The Morgan fingerprint density at radius 3 is 0.735 bits per heavy atom. The number of hydrogen-bond donors (Lipinski definition) is 0. The molecule has 4 nitrogen and oxygen atoms in total. The van der Waals surface area contributed by atoms with Gasteiger partial charge in [0.25, 0.3) is 0 Å². The van der Waals surface area contributed by atoms with Gasteiger partial charge < -0.3 is 9.97 Å². The van der Waals surface area contributed by atoms with Crippen LogP contribution >= 0.6 is 0 Å². The minimum Gasteiger partial charge on any atom is -0.657 e. The normalized spacial score (nSPS) is 11.8. The molecule has 2 aliphatic heterocycles. The molecule has 0 fully saturated rings. The molecule has 0 radical (unpaired) electrons. The second-order valence-corrected chi connectivity index (χ2v) is 11.8. The Bertz CT molecular complexity index is 2180. The van der Waals surface area contributed by atoms with Crippen LogP contribution in [0.4, 0.5) is 0 Å². The van der Waals surface area contributed by atoms with Gasteiger partial charge in [-0.25, -0.2) is 9.97 Å². The molecule has 0 spiro atoms. The molecule has 49 heavy (non-hydrogen) atoms. The van der Waals surface area contributed by atoms with E-state index in [0.29, 0.717) is 0 Å². The Hall–Kier alpha value is -5.90. The van der Waals surface area contributed by atoms with E-state index in [2.05, 4.69) is 146 Å². The van der Waals surface area contributed by atoms with Crippen LogP contribution in [0.25, 0.3) is 90.9 Å². The summed E-state index contributed by atoms with van der Waals surface area (Å²) in [6, 6.07) is 50.0. The molecule has 0 N–H and O–H groups in total. The maximum absolute atomic E-state index is 5.31. The second kappa shape index (κ2) is 13.0. The minimum atomic E-state index is 0. The van der Waals surface area contributed by atoms with Crippen LogP contribution in [0, 0.1) is 0 Å². The van der Waals surface area contributed by atoms with E-state index in [1.54, 1.807) is 0 Å². The van der Waals surface area contributed by atoms with Gasteiger partial charge in [-0.15, -0.1) is 22.1 Å². The number of fused-ring (bicyclic) bond motifs is 8. The summed E-state index contributed by atoms with van der Waals surface area (Å²) in [7, 11) is 0. The first-order valence-corrected chi connectivity index (χ1v) is 16.1. The van der Waals surface area contributed by atoms with Crippen molar-refractivity contribution in [3.05, 3.63) is 168 Å². The standard InChI is InChI=1S/C44H28N4.Zn/c1-5-13-29(14-6-1)41-33-21-23-35(45-33)42(30-15-7-2-8-16-30)37-25-27-39(47-37)44(32-19-11-4-12-20-32)40-28-26-38(48-40)43(31-17-9-3-10-18-31)36-24-22-34(41)46-36;/h1-28H;/q-2;. The number of benzene rings is 4. The zero-order chi connectivity index (χ0) is 31.9. The van der Waals surface area contributed by atoms with Gasteiger partial charge in [0.2, 0.25) is 0 Å². The molecule has 7 aromatic rings. The van der Waals surface area contributed by atoms with Gasteiger partial charge in [0, 0.05) is 19.5 Å². The van der Waals surface area contributed by atoms with Gasteiger partial charge in [0.15, 0.2) is 0 Å². The maximum Gasteiger partial charge on any atom is 0.0704 e. The quantitative estimate of drug-likeness (QED) is 0.174. The van der Waals surface area contributed by atoms with Crippen LogP contribution in [0.1, 0.15) is 22.8 Å². The predicted octanol–water partition coefficient (Wildman–Crippen LogP) is 10.6. The third kappa shape index (κ3) is 5.59. The molecule has 5 heterocycles. The van der Waals surface area contributed by atoms with Crippen molar-refractivity contribution in [2.24, 2.45) is 0 Å². The van der Waals surface area contributed by atoms with Gasteiger partial charge in [-0.05, 0) is 68.8 Å². The van der Waals surface area contributed by atoms with Crippen molar-refractivity contribution in [1.82, 2.24) is 19.9 Å². The minimum absolute atomic E-state index is 0. The third-order valence-electron chi connectivity index (χ3n) is 8.86. The van der Waals surface area contributed by atoms with Crippen molar-refractivity contribution in [3.8, 4) is 44.5 Å². The van der Waals surface area contributed by atoms with E-state index in [-0.39, 0.29) is 19.5 Å². The van der Waals surface area contributed by atoms with Crippen molar-refractivity contribution in [2.45, 2.75) is 0 Å². The maximum atomic E-state index is 5.31. The zero-order valence-electron chi connectivity index (χ0n) is 26.7. The smallest absolute Gasteiger partial charge is 0.0704 e. The van der Waals surface area contributed by atoms with E-state index < -0.39 is 0 Å². The summed E-state index contributed by atoms with van der Waals surface area (Å²) < 4.78 is 0. The van der Waals surface area contributed by atoms with Gasteiger partial charge in [-0.3, -0.25) is 0 Å². The Kier molecular flexibility index (Phi) is 8.05. The number of aromatic nitrogens is 4. The molecule has 3 aromatic heterocycles. The SMILES string of the molecule is C1=Cc2nc1c(-c1ccccc1)c1ccc([n-]1)c(-c1ccccc1)c1nc(c(-c3ccccc3)c3ccc([n-]3)c2-c2ccccc2)C=C1.[Zn]. The van der Waals surface area contributed by atoms with Crippen molar-refractivity contribution in [1.29, 1.82) is 0 Å². The van der Waals surface area contributed by atoms with E-state index in [1.165, 1.54) is 0 Å². The zero-order valence-corrected chi connectivity index (χ0v) is 29.6. The second-order valence-electron chi connectivity index (χ2n) is 11.8.